The van der Waals surface area contributed by atoms with Gasteiger partial charge in [0.2, 0.25) is 0 Å². The van der Waals surface area contributed by atoms with Gasteiger partial charge in [-0.25, -0.2) is 9.48 Å². The topological polar surface area (TPSA) is 87.4 Å². The van der Waals surface area contributed by atoms with Crippen LogP contribution in [-0.2, 0) is 5.54 Å². The van der Waals surface area contributed by atoms with Crippen LogP contribution in [0.3, 0.4) is 0 Å². The van der Waals surface area contributed by atoms with Gasteiger partial charge in [-0.1, -0.05) is 0 Å². The lowest BCUT2D eigenvalue weighted by molar-refractivity contribution is 0.181. The number of hydrogen-bond acceptors (Lipinski definition) is 3. The van der Waals surface area contributed by atoms with Gasteiger partial charge < -0.3 is 10.2 Å². The average Bonchev–Trinajstić information content (AvgIpc) is 2.82. The predicted octanol–water partition coefficient (Wildman–Crippen LogP) is 2.36. The maximum absolute atomic E-state index is 10.8. The van der Waals surface area contributed by atoms with Crippen LogP contribution in [0.5, 0.6) is 0 Å². The van der Waals surface area contributed by atoms with Crippen molar-refractivity contribution in [2.24, 2.45) is 0 Å². The van der Waals surface area contributed by atoms with Crippen molar-refractivity contribution in [3.05, 3.63) is 11.8 Å². The van der Waals surface area contributed by atoms with Crippen LogP contribution in [0.2, 0.25) is 0 Å². The summed E-state index contributed by atoms with van der Waals surface area (Å²) in [5.41, 5.74) is 0.558. The van der Waals surface area contributed by atoms with Crippen LogP contribution >= 0.6 is 0 Å². The summed E-state index contributed by atoms with van der Waals surface area (Å²) < 4.78 is 1.70. The second kappa shape index (κ2) is 4.85. The maximum atomic E-state index is 10.8. The van der Waals surface area contributed by atoms with E-state index in [9.17, 15) is 9.90 Å². The van der Waals surface area contributed by atoms with Gasteiger partial charge >= 0.3 is 6.09 Å². The van der Waals surface area contributed by atoms with E-state index in [1.165, 1.54) is 0 Å². The van der Waals surface area contributed by atoms with E-state index in [2.05, 4.69) is 10.4 Å². The number of anilines is 1. The first-order chi connectivity index (χ1) is 8.77. The third-order valence-electron chi connectivity index (χ3n) is 3.42. The van der Waals surface area contributed by atoms with Gasteiger partial charge in [0, 0.05) is 12.0 Å². The largest absolute Gasteiger partial charge is 0.465 e. The average molecular weight is 267 g/mol. The third kappa shape index (κ3) is 3.07. The summed E-state index contributed by atoms with van der Waals surface area (Å²) in [5.74, 6) is 0.698. The first-order valence-electron chi connectivity index (χ1n) is 6.56. The van der Waals surface area contributed by atoms with Crippen molar-refractivity contribution in [2.45, 2.75) is 57.6 Å². The van der Waals surface area contributed by atoms with Gasteiger partial charge in [0.1, 0.15) is 5.82 Å². The molecule has 1 heterocycles. The smallest absolute Gasteiger partial charge is 0.410 e. The molecule has 2 atom stereocenters. The van der Waals surface area contributed by atoms with Crippen molar-refractivity contribution in [1.29, 1.82) is 0 Å². The highest BCUT2D eigenvalue weighted by molar-refractivity contribution is 5.81. The fourth-order valence-corrected chi connectivity index (χ4v) is 2.54. The lowest BCUT2D eigenvalue weighted by atomic mass is 10.0. The van der Waals surface area contributed by atoms with Crippen LogP contribution in [0.4, 0.5) is 10.6 Å². The van der Waals surface area contributed by atoms with Gasteiger partial charge in [-0.3, -0.25) is 5.32 Å². The van der Waals surface area contributed by atoms with Gasteiger partial charge in [-0.2, -0.15) is 5.10 Å². The van der Waals surface area contributed by atoms with Crippen molar-refractivity contribution < 1.29 is 15.0 Å². The highest BCUT2D eigenvalue weighted by Crippen LogP contribution is 2.35. The van der Waals surface area contributed by atoms with E-state index >= 15 is 0 Å². The number of amides is 1. The molecule has 1 aliphatic rings. The number of nitrogens with one attached hydrogen (secondary N) is 1. The number of carboxylic acid groups (broad SMARTS) is 1. The van der Waals surface area contributed by atoms with Crippen molar-refractivity contribution in [2.75, 3.05) is 5.32 Å². The van der Waals surface area contributed by atoms with E-state index in [1.807, 2.05) is 20.8 Å². The van der Waals surface area contributed by atoms with Crippen LogP contribution in [0.15, 0.2) is 6.07 Å². The number of hydrogen-bond donors (Lipinski definition) is 3. The molecule has 0 saturated heterocycles. The summed E-state index contributed by atoms with van der Waals surface area (Å²) in [6, 6.07) is 1.78. The number of nitrogens with zero attached hydrogens (tertiary/aromatic N) is 2. The normalized spacial score (nSPS) is 23.6. The highest BCUT2D eigenvalue weighted by Gasteiger charge is 2.29. The van der Waals surface area contributed by atoms with E-state index in [-0.39, 0.29) is 17.6 Å². The lowest BCUT2D eigenvalue weighted by Crippen LogP contribution is -2.26. The molecule has 0 unspecified atom stereocenters. The van der Waals surface area contributed by atoms with E-state index in [0.29, 0.717) is 12.2 Å². The molecule has 2 rings (SSSR count). The van der Waals surface area contributed by atoms with Crippen LogP contribution in [0.1, 0.15) is 51.6 Å². The van der Waals surface area contributed by atoms with Crippen molar-refractivity contribution >= 4 is 11.9 Å². The molecule has 6 heteroatoms. The molecule has 1 fully saturated rings. The molecule has 106 valence electrons. The Balaban J connectivity index is 2.31. The van der Waals surface area contributed by atoms with Crippen molar-refractivity contribution in [1.82, 2.24) is 9.78 Å². The number of carbonyl (C=O) groups is 1. The molecule has 6 nitrogen and oxygen atoms in total. The summed E-state index contributed by atoms with van der Waals surface area (Å²) in [5, 5.41) is 25.4. The summed E-state index contributed by atoms with van der Waals surface area (Å²) in [6.45, 7) is 5.92. The fraction of sp³-hybridized carbons (Fsp3) is 0.692. The van der Waals surface area contributed by atoms with Gasteiger partial charge in [-0.05, 0) is 40.0 Å². The molecule has 0 spiro atoms. The number of aromatic nitrogens is 2. The Morgan fingerprint density at radius 1 is 1.47 bits per heavy atom. The zero-order valence-corrected chi connectivity index (χ0v) is 11.6. The molecule has 1 amide bonds. The number of aliphatic hydroxyl groups excluding tert-OH is 1. The molecule has 0 aromatic carbocycles. The summed E-state index contributed by atoms with van der Waals surface area (Å²) in [4.78, 5) is 10.8. The first-order valence-corrected chi connectivity index (χ1v) is 6.56. The van der Waals surface area contributed by atoms with Gasteiger partial charge in [-0.15, -0.1) is 0 Å². The van der Waals surface area contributed by atoms with Crippen LogP contribution < -0.4 is 5.32 Å². The molecule has 0 aliphatic heterocycles. The summed E-state index contributed by atoms with van der Waals surface area (Å²) in [7, 11) is 0. The second-order valence-electron chi connectivity index (χ2n) is 6.13. The first kappa shape index (κ1) is 13.9. The Bertz CT molecular complexity index is 476. The van der Waals surface area contributed by atoms with E-state index in [4.69, 9.17) is 5.11 Å². The van der Waals surface area contributed by atoms with Gasteiger partial charge in [0.15, 0.2) is 0 Å². The Morgan fingerprint density at radius 3 is 2.63 bits per heavy atom. The molecule has 1 aliphatic carbocycles. The molecular weight excluding hydrogens is 246 g/mol. The highest BCUT2D eigenvalue weighted by atomic mass is 16.4. The molecule has 1 saturated carbocycles. The zero-order chi connectivity index (χ0) is 14.2. The van der Waals surface area contributed by atoms with Gasteiger partial charge in [0.25, 0.3) is 0 Å². The Labute approximate surface area is 112 Å². The van der Waals surface area contributed by atoms with E-state index < -0.39 is 6.09 Å². The summed E-state index contributed by atoms with van der Waals surface area (Å²) in [6.07, 6.45) is 1.03. The maximum Gasteiger partial charge on any atom is 0.410 e. The summed E-state index contributed by atoms with van der Waals surface area (Å²) >= 11 is 0. The molecule has 1 aromatic heterocycles. The zero-order valence-electron chi connectivity index (χ0n) is 11.6. The van der Waals surface area contributed by atoms with Gasteiger partial charge in [0.05, 0.1) is 17.3 Å². The minimum absolute atomic E-state index is 0.216. The minimum Gasteiger partial charge on any atom is -0.465 e. The molecule has 19 heavy (non-hydrogen) atoms. The Kier molecular flexibility index (Phi) is 3.54. The fourth-order valence-electron chi connectivity index (χ4n) is 2.54. The minimum atomic E-state index is -1.09. The quantitative estimate of drug-likeness (QED) is 0.767. The van der Waals surface area contributed by atoms with Crippen molar-refractivity contribution in [3.63, 3.8) is 0 Å². The molecule has 1 aromatic rings. The monoisotopic (exact) mass is 267 g/mol. The SMILES string of the molecule is CC(C)(C)n1nc([C@@H]2CC[C@H](O)C2)cc1NC(=O)O. The third-order valence-corrected chi connectivity index (χ3v) is 3.42. The lowest BCUT2D eigenvalue weighted by Gasteiger charge is -2.22. The molecule has 0 bridgehead atoms. The second-order valence-corrected chi connectivity index (χ2v) is 6.13. The van der Waals surface area contributed by atoms with E-state index in [0.717, 1.165) is 18.5 Å². The van der Waals surface area contributed by atoms with E-state index in [1.54, 1.807) is 10.7 Å². The van der Waals surface area contributed by atoms with Crippen molar-refractivity contribution in [3.8, 4) is 0 Å². The Morgan fingerprint density at radius 2 is 2.16 bits per heavy atom. The predicted molar refractivity (Wildman–Crippen MR) is 71.5 cm³/mol. The Hall–Kier alpha value is -1.56. The number of aliphatic hydroxyl groups is 1. The van der Waals surface area contributed by atoms with Crippen LogP contribution in [0, 0.1) is 0 Å². The number of rotatable bonds is 2. The van der Waals surface area contributed by atoms with Crippen LogP contribution in [-0.4, -0.2) is 32.2 Å². The van der Waals surface area contributed by atoms with Crippen LogP contribution in [0.25, 0.3) is 0 Å². The molecule has 0 radical (unpaired) electrons. The molecule has 3 N–H and O–H groups in total. The molecular formula is C13H21N3O3. The standard InChI is InChI=1S/C13H21N3O3/c1-13(2,3)16-11(14-12(18)19)7-10(15-16)8-4-5-9(17)6-8/h7-9,14,17H,4-6H2,1-3H3,(H,18,19)/t8-,9+/m1/s1.